The fourth-order valence-electron chi connectivity index (χ4n) is 2.73. The highest BCUT2D eigenvalue weighted by Gasteiger charge is 2.32. The molecule has 0 bridgehead atoms. The minimum Gasteiger partial charge on any atom is -0.397 e. The first-order valence-electron chi connectivity index (χ1n) is 6.98. The lowest BCUT2D eigenvalue weighted by molar-refractivity contribution is 0.245. The van der Waals surface area contributed by atoms with Crippen LogP contribution < -0.4 is 10.6 Å². The van der Waals surface area contributed by atoms with E-state index < -0.39 is 10.0 Å². The first-order valence-corrected chi connectivity index (χ1v) is 8.42. The van der Waals surface area contributed by atoms with Crippen LogP contribution in [0.15, 0.2) is 23.1 Å². The number of aliphatic hydroxyl groups excluding tert-OH is 1. The van der Waals surface area contributed by atoms with Crippen LogP contribution >= 0.6 is 0 Å². The van der Waals surface area contributed by atoms with Crippen molar-refractivity contribution in [2.45, 2.75) is 24.3 Å². The van der Waals surface area contributed by atoms with E-state index in [9.17, 15) is 13.5 Å². The molecule has 0 amide bonds. The number of nitrogen functional groups attached to an aromatic ring is 1. The van der Waals surface area contributed by atoms with Gasteiger partial charge >= 0.3 is 0 Å². The average molecular weight is 313 g/mol. The second kappa shape index (κ2) is 5.82. The van der Waals surface area contributed by atoms with Gasteiger partial charge in [0.2, 0.25) is 10.0 Å². The van der Waals surface area contributed by atoms with Crippen LogP contribution in [0.2, 0.25) is 0 Å². The molecule has 118 valence electrons. The molecule has 0 aliphatic carbocycles. The number of sulfonamides is 1. The topological polar surface area (TPSA) is 86.9 Å². The van der Waals surface area contributed by atoms with Gasteiger partial charge in [-0.15, -0.1) is 0 Å². The van der Waals surface area contributed by atoms with Gasteiger partial charge in [0.05, 0.1) is 28.9 Å². The molecule has 3 N–H and O–H groups in total. The van der Waals surface area contributed by atoms with E-state index in [-0.39, 0.29) is 17.5 Å². The molecule has 2 unspecified atom stereocenters. The Kier molecular flexibility index (Phi) is 4.46. The zero-order valence-electron chi connectivity index (χ0n) is 12.7. The first-order chi connectivity index (χ1) is 9.78. The Balaban J connectivity index is 2.46. The molecule has 21 heavy (non-hydrogen) atoms. The summed E-state index contributed by atoms with van der Waals surface area (Å²) in [6.45, 7) is 2.88. The van der Waals surface area contributed by atoms with E-state index in [0.717, 1.165) is 13.0 Å². The van der Waals surface area contributed by atoms with Crippen LogP contribution in [0.1, 0.15) is 13.3 Å². The second-order valence-corrected chi connectivity index (χ2v) is 7.87. The van der Waals surface area contributed by atoms with Crippen molar-refractivity contribution < 1.29 is 13.5 Å². The third kappa shape index (κ3) is 2.86. The highest BCUT2D eigenvalue weighted by molar-refractivity contribution is 7.89. The average Bonchev–Trinajstić information content (AvgIpc) is 2.79. The lowest BCUT2D eigenvalue weighted by Gasteiger charge is -2.29. The van der Waals surface area contributed by atoms with Gasteiger partial charge in [-0.2, -0.15) is 0 Å². The molecule has 1 aliphatic rings. The Hall–Kier alpha value is -1.31. The summed E-state index contributed by atoms with van der Waals surface area (Å²) in [5.41, 5.74) is 7.23. The Morgan fingerprint density at radius 1 is 1.43 bits per heavy atom. The number of nitrogens with zero attached hydrogens (tertiary/aromatic N) is 2. The molecule has 7 heteroatoms. The normalized spacial score (nSPS) is 23.0. The Morgan fingerprint density at radius 2 is 2.10 bits per heavy atom. The van der Waals surface area contributed by atoms with Crippen LogP contribution in [-0.4, -0.2) is 51.1 Å². The van der Waals surface area contributed by atoms with Gasteiger partial charge in [-0.3, -0.25) is 0 Å². The zero-order valence-corrected chi connectivity index (χ0v) is 13.5. The number of aliphatic hydroxyl groups is 1. The Bertz CT molecular complexity index is 616. The molecule has 1 fully saturated rings. The monoisotopic (exact) mass is 313 g/mol. The summed E-state index contributed by atoms with van der Waals surface area (Å²) in [6, 6.07) is 4.71. The van der Waals surface area contributed by atoms with Crippen LogP contribution in [0, 0.1) is 5.92 Å². The van der Waals surface area contributed by atoms with Gasteiger partial charge in [0, 0.05) is 20.6 Å². The Labute approximate surface area is 126 Å². The number of benzene rings is 1. The van der Waals surface area contributed by atoms with E-state index in [0.29, 0.717) is 17.3 Å². The third-order valence-corrected chi connectivity index (χ3v) is 5.97. The van der Waals surface area contributed by atoms with Crippen LogP contribution in [0.3, 0.4) is 0 Å². The van der Waals surface area contributed by atoms with Gasteiger partial charge in [-0.05, 0) is 30.5 Å². The summed E-state index contributed by atoms with van der Waals surface area (Å²) in [4.78, 5) is 2.22. The number of anilines is 2. The first kappa shape index (κ1) is 16.1. The molecule has 0 saturated carbocycles. The van der Waals surface area contributed by atoms with E-state index in [2.05, 4.69) is 6.92 Å². The van der Waals surface area contributed by atoms with Gasteiger partial charge in [0.1, 0.15) is 0 Å². The van der Waals surface area contributed by atoms with Crippen molar-refractivity contribution in [3.05, 3.63) is 18.2 Å². The van der Waals surface area contributed by atoms with E-state index >= 15 is 0 Å². The maximum Gasteiger partial charge on any atom is 0.242 e. The van der Waals surface area contributed by atoms with Crippen molar-refractivity contribution in [2.75, 3.05) is 37.9 Å². The molecule has 2 atom stereocenters. The molecule has 1 aliphatic heterocycles. The highest BCUT2D eigenvalue weighted by atomic mass is 32.2. The summed E-state index contributed by atoms with van der Waals surface area (Å²) in [7, 11) is -0.495. The van der Waals surface area contributed by atoms with E-state index in [1.54, 1.807) is 12.1 Å². The third-order valence-electron chi connectivity index (χ3n) is 4.16. The van der Waals surface area contributed by atoms with E-state index in [1.807, 2.05) is 4.90 Å². The maximum atomic E-state index is 12.2. The predicted molar refractivity (Wildman–Crippen MR) is 83.7 cm³/mol. The number of hydrogen-bond donors (Lipinski definition) is 2. The van der Waals surface area contributed by atoms with Gasteiger partial charge in [-0.25, -0.2) is 12.7 Å². The lowest BCUT2D eigenvalue weighted by Crippen LogP contribution is -2.35. The highest BCUT2D eigenvalue weighted by Crippen LogP contribution is 2.35. The van der Waals surface area contributed by atoms with Crippen LogP contribution in [0.25, 0.3) is 0 Å². The van der Waals surface area contributed by atoms with Crippen molar-refractivity contribution in [3.63, 3.8) is 0 Å². The SMILES string of the molecule is CC1CCN(c2cc(S(=O)(=O)N(C)C)ccc2N)C1CO. The molecule has 2 rings (SSSR count). The minimum atomic E-state index is -3.49. The number of nitrogens with two attached hydrogens (primary N) is 1. The molecular weight excluding hydrogens is 290 g/mol. The van der Waals surface area contributed by atoms with Crippen LogP contribution in [-0.2, 0) is 10.0 Å². The fraction of sp³-hybridized carbons (Fsp3) is 0.571. The molecule has 6 nitrogen and oxygen atoms in total. The van der Waals surface area contributed by atoms with E-state index in [4.69, 9.17) is 5.73 Å². The lowest BCUT2D eigenvalue weighted by atomic mass is 10.0. The maximum absolute atomic E-state index is 12.2. The summed E-state index contributed by atoms with van der Waals surface area (Å²) in [5.74, 6) is 0.350. The van der Waals surface area contributed by atoms with Crippen molar-refractivity contribution in [1.29, 1.82) is 0 Å². The van der Waals surface area contributed by atoms with Crippen molar-refractivity contribution in [2.24, 2.45) is 5.92 Å². The summed E-state index contributed by atoms with van der Waals surface area (Å²) < 4.78 is 25.7. The molecular formula is C14H23N3O3S. The molecule has 0 spiro atoms. The minimum absolute atomic E-state index is 0.0235. The van der Waals surface area contributed by atoms with Gasteiger partial charge in [-0.1, -0.05) is 6.92 Å². The molecule has 0 aromatic heterocycles. The number of rotatable bonds is 4. The summed E-state index contributed by atoms with van der Waals surface area (Å²) >= 11 is 0. The standard InChI is InChI=1S/C14H23N3O3S/c1-10-6-7-17(14(10)9-18)13-8-11(4-5-12(13)15)21(19,20)16(2)3/h4-5,8,10,14,18H,6-7,9,15H2,1-3H3. The quantitative estimate of drug-likeness (QED) is 0.800. The van der Waals surface area contributed by atoms with E-state index in [1.165, 1.54) is 24.5 Å². The van der Waals surface area contributed by atoms with Gasteiger partial charge in [0.25, 0.3) is 0 Å². The smallest absolute Gasteiger partial charge is 0.242 e. The largest absolute Gasteiger partial charge is 0.397 e. The van der Waals surface area contributed by atoms with Gasteiger partial charge in [0.15, 0.2) is 0 Å². The summed E-state index contributed by atoms with van der Waals surface area (Å²) in [5, 5.41) is 9.57. The Morgan fingerprint density at radius 3 is 2.67 bits per heavy atom. The molecule has 1 saturated heterocycles. The second-order valence-electron chi connectivity index (χ2n) is 5.72. The fourth-order valence-corrected chi connectivity index (χ4v) is 3.65. The van der Waals surface area contributed by atoms with Crippen LogP contribution in [0.5, 0.6) is 0 Å². The molecule has 1 heterocycles. The molecule has 0 radical (unpaired) electrons. The van der Waals surface area contributed by atoms with Gasteiger partial charge < -0.3 is 15.7 Å². The predicted octanol–water partition coefficient (Wildman–Crippen LogP) is 0.726. The molecule has 1 aromatic carbocycles. The number of hydrogen-bond acceptors (Lipinski definition) is 5. The summed E-state index contributed by atoms with van der Waals surface area (Å²) in [6.07, 6.45) is 0.954. The van der Waals surface area contributed by atoms with Crippen molar-refractivity contribution in [1.82, 2.24) is 4.31 Å². The molecule has 1 aromatic rings. The van der Waals surface area contributed by atoms with Crippen molar-refractivity contribution >= 4 is 21.4 Å². The zero-order chi connectivity index (χ0) is 15.8. The van der Waals surface area contributed by atoms with Crippen molar-refractivity contribution in [3.8, 4) is 0 Å². The van der Waals surface area contributed by atoms with Crippen LogP contribution in [0.4, 0.5) is 11.4 Å².